The van der Waals surface area contributed by atoms with E-state index >= 15 is 0 Å². The van der Waals surface area contributed by atoms with Crippen molar-refractivity contribution < 1.29 is 14.7 Å². The number of carbonyl (C=O) groups excluding carboxylic acids is 1. The predicted molar refractivity (Wildman–Crippen MR) is 75.8 cm³/mol. The Morgan fingerprint density at radius 3 is 2.05 bits per heavy atom. The molecule has 0 spiro atoms. The Bertz CT molecular complexity index is 310. The van der Waals surface area contributed by atoms with Crippen LogP contribution in [-0.4, -0.2) is 29.1 Å². The zero-order valence-electron chi connectivity index (χ0n) is 12.6. The zero-order chi connectivity index (χ0) is 15.1. The number of aliphatic carboxylic acids is 1. The van der Waals surface area contributed by atoms with Crippen LogP contribution >= 0.6 is 0 Å². The van der Waals surface area contributed by atoms with Gasteiger partial charge in [-0.2, -0.15) is 0 Å². The largest absolute Gasteiger partial charge is 0.480 e. The molecule has 0 atom stereocenters. The SMILES string of the molecule is CCC(CC)(NC(=O)CCC(C)(C)CCN)C(=O)O. The molecular formula is C14H28N2O3. The Morgan fingerprint density at radius 2 is 1.68 bits per heavy atom. The third kappa shape index (κ3) is 5.59. The molecule has 112 valence electrons. The average molecular weight is 272 g/mol. The van der Waals surface area contributed by atoms with Crippen LogP contribution in [0.3, 0.4) is 0 Å². The van der Waals surface area contributed by atoms with Crippen LogP contribution in [0.4, 0.5) is 0 Å². The Morgan fingerprint density at radius 1 is 1.16 bits per heavy atom. The van der Waals surface area contributed by atoms with Crippen molar-refractivity contribution in [2.75, 3.05) is 6.54 Å². The van der Waals surface area contributed by atoms with Gasteiger partial charge in [-0.25, -0.2) is 4.79 Å². The summed E-state index contributed by atoms with van der Waals surface area (Å²) in [6.45, 7) is 8.28. The lowest BCUT2D eigenvalue weighted by Crippen LogP contribution is -2.53. The molecule has 0 fully saturated rings. The van der Waals surface area contributed by atoms with Gasteiger partial charge in [0.2, 0.25) is 5.91 Å². The monoisotopic (exact) mass is 272 g/mol. The molecule has 0 aromatic rings. The standard InChI is InChI=1S/C14H28N2O3/c1-5-14(6-2,12(18)19)16-11(17)7-8-13(3,4)9-10-15/h5-10,15H2,1-4H3,(H,16,17)(H,18,19). The molecule has 0 radical (unpaired) electrons. The molecular weight excluding hydrogens is 244 g/mol. The van der Waals surface area contributed by atoms with Crippen molar-refractivity contribution in [1.29, 1.82) is 0 Å². The first kappa shape index (κ1) is 17.9. The van der Waals surface area contributed by atoms with Crippen LogP contribution in [0, 0.1) is 5.41 Å². The first-order valence-corrected chi connectivity index (χ1v) is 6.97. The van der Waals surface area contributed by atoms with E-state index in [1.165, 1.54) is 0 Å². The Balaban J connectivity index is 4.49. The first-order valence-electron chi connectivity index (χ1n) is 6.97. The molecule has 19 heavy (non-hydrogen) atoms. The molecule has 5 nitrogen and oxygen atoms in total. The molecule has 0 aliphatic rings. The third-order valence-electron chi connectivity index (χ3n) is 3.85. The number of rotatable bonds is 9. The van der Waals surface area contributed by atoms with E-state index in [4.69, 9.17) is 5.73 Å². The molecule has 0 aliphatic heterocycles. The molecule has 5 heteroatoms. The maximum absolute atomic E-state index is 11.9. The molecule has 0 aromatic heterocycles. The van der Waals surface area contributed by atoms with Crippen molar-refractivity contribution >= 4 is 11.9 Å². The number of carboxylic acids is 1. The van der Waals surface area contributed by atoms with Crippen LogP contribution in [-0.2, 0) is 9.59 Å². The molecule has 4 N–H and O–H groups in total. The maximum atomic E-state index is 11.9. The van der Waals surface area contributed by atoms with Crippen LogP contribution < -0.4 is 11.1 Å². The highest BCUT2D eigenvalue weighted by Gasteiger charge is 2.36. The molecule has 0 aliphatic carbocycles. The molecule has 1 amide bonds. The van der Waals surface area contributed by atoms with Gasteiger partial charge in [0.1, 0.15) is 5.54 Å². The van der Waals surface area contributed by atoms with Crippen LogP contribution in [0.2, 0.25) is 0 Å². The Kier molecular flexibility index (Phi) is 7.05. The maximum Gasteiger partial charge on any atom is 0.329 e. The van der Waals surface area contributed by atoms with E-state index in [1.807, 2.05) is 0 Å². The Labute approximate surface area is 115 Å². The van der Waals surface area contributed by atoms with Gasteiger partial charge in [0.05, 0.1) is 0 Å². The number of hydrogen-bond acceptors (Lipinski definition) is 3. The second-order valence-electron chi connectivity index (χ2n) is 5.85. The molecule has 0 saturated heterocycles. The lowest BCUT2D eigenvalue weighted by Gasteiger charge is -2.29. The fourth-order valence-corrected chi connectivity index (χ4v) is 2.08. The molecule has 0 rings (SSSR count). The number of carbonyl (C=O) groups is 2. The van der Waals surface area contributed by atoms with Gasteiger partial charge in [-0.15, -0.1) is 0 Å². The van der Waals surface area contributed by atoms with Crippen LogP contribution in [0.5, 0.6) is 0 Å². The van der Waals surface area contributed by atoms with Gasteiger partial charge in [-0.1, -0.05) is 27.7 Å². The van der Waals surface area contributed by atoms with Gasteiger partial charge in [-0.3, -0.25) is 4.79 Å². The zero-order valence-corrected chi connectivity index (χ0v) is 12.6. The smallest absolute Gasteiger partial charge is 0.329 e. The van der Waals surface area contributed by atoms with E-state index in [-0.39, 0.29) is 11.3 Å². The average Bonchev–Trinajstić information content (AvgIpc) is 2.33. The summed E-state index contributed by atoms with van der Waals surface area (Å²) >= 11 is 0. The van der Waals surface area contributed by atoms with Crippen molar-refractivity contribution in [2.24, 2.45) is 11.1 Å². The van der Waals surface area contributed by atoms with Gasteiger partial charge < -0.3 is 16.2 Å². The van der Waals surface area contributed by atoms with Crippen molar-refractivity contribution in [3.05, 3.63) is 0 Å². The summed E-state index contributed by atoms with van der Waals surface area (Å²) in [5.41, 5.74) is 4.41. The first-order chi connectivity index (χ1) is 8.73. The predicted octanol–water partition coefficient (Wildman–Crippen LogP) is 1.90. The van der Waals surface area contributed by atoms with Gasteiger partial charge in [0.15, 0.2) is 0 Å². The number of amides is 1. The van der Waals surface area contributed by atoms with Gasteiger partial charge in [0, 0.05) is 6.42 Å². The van der Waals surface area contributed by atoms with Gasteiger partial charge in [-0.05, 0) is 37.6 Å². The minimum Gasteiger partial charge on any atom is -0.480 e. The summed E-state index contributed by atoms with van der Waals surface area (Å²) < 4.78 is 0. The van der Waals surface area contributed by atoms with E-state index in [9.17, 15) is 14.7 Å². The fourth-order valence-electron chi connectivity index (χ4n) is 2.08. The summed E-state index contributed by atoms with van der Waals surface area (Å²) in [7, 11) is 0. The van der Waals surface area contributed by atoms with Gasteiger partial charge in [0.25, 0.3) is 0 Å². The number of hydrogen-bond donors (Lipinski definition) is 3. The Hall–Kier alpha value is -1.10. The summed E-state index contributed by atoms with van der Waals surface area (Å²) in [6.07, 6.45) is 2.67. The second kappa shape index (κ2) is 7.48. The minimum atomic E-state index is -1.13. The van der Waals surface area contributed by atoms with E-state index in [0.717, 1.165) is 6.42 Å². The summed E-state index contributed by atoms with van der Waals surface area (Å²) in [4.78, 5) is 23.2. The van der Waals surface area contributed by atoms with Crippen molar-refractivity contribution in [1.82, 2.24) is 5.32 Å². The summed E-state index contributed by atoms with van der Waals surface area (Å²) in [5, 5.41) is 11.9. The lowest BCUT2D eigenvalue weighted by molar-refractivity contribution is -0.148. The van der Waals surface area contributed by atoms with Crippen LogP contribution in [0.25, 0.3) is 0 Å². The van der Waals surface area contributed by atoms with E-state index < -0.39 is 11.5 Å². The molecule has 0 bridgehead atoms. The molecule has 0 heterocycles. The molecule has 0 saturated carbocycles. The highest BCUT2D eigenvalue weighted by atomic mass is 16.4. The number of nitrogens with two attached hydrogens (primary N) is 1. The summed E-state index contributed by atoms with van der Waals surface area (Å²) in [5.74, 6) is -1.16. The molecule has 0 unspecified atom stereocenters. The number of nitrogens with one attached hydrogen (secondary N) is 1. The van der Waals surface area contributed by atoms with Gasteiger partial charge >= 0.3 is 5.97 Å². The van der Waals surface area contributed by atoms with E-state index in [2.05, 4.69) is 19.2 Å². The minimum absolute atomic E-state index is 0.0103. The van der Waals surface area contributed by atoms with Crippen molar-refractivity contribution in [2.45, 2.75) is 65.3 Å². The number of carboxylic acid groups (broad SMARTS) is 1. The van der Waals surface area contributed by atoms with Crippen LogP contribution in [0.15, 0.2) is 0 Å². The fraction of sp³-hybridized carbons (Fsp3) is 0.857. The van der Waals surface area contributed by atoms with Crippen molar-refractivity contribution in [3.63, 3.8) is 0 Å². The van der Waals surface area contributed by atoms with Crippen LogP contribution in [0.1, 0.15) is 59.8 Å². The molecule has 0 aromatic carbocycles. The highest BCUT2D eigenvalue weighted by molar-refractivity contribution is 5.86. The third-order valence-corrected chi connectivity index (χ3v) is 3.85. The van der Waals surface area contributed by atoms with E-state index in [1.54, 1.807) is 13.8 Å². The normalized spacial score (nSPS) is 12.3. The van der Waals surface area contributed by atoms with E-state index in [0.29, 0.717) is 32.2 Å². The second-order valence-corrected chi connectivity index (χ2v) is 5.85. The quantitative estimate of drug-likeness (QED) is 0.597. The van der Waals surface area contributed by atoms with Crippen molar-refractivity contribution in [3.8, 4) is 0 Å². The summed E-state index contributed by atoms with van der Waals surface area (Å²) in [6, 6.07) is 0. The highest BCUT2D eigenvalue weighted by Crippen LogP contribution is 2.26. The topological polar surface area (TPSA) is 92.4 Å². The lowest BCUT2D eigenvalue weighted by atomic mass is 9.84.